The SMILES string of the molecule is COC(=O)c1ccc(C2SCCC(=O)N2Cc2ccncc2)cc1. The van der Waals surface area contributed by atoms with Gasteiger partial charge in [-0.25, -0.2) is 4.79 Å². The molecule has 5 nitrogen and oxygen atoms in total. The van der Waals surface area contributed by atoms with E-state index in [1.807, 2.05) is 29.2 Å². The molecule has 0 aliphatic carbocycles. The van der Waals surface area contributed by atoms with Crippen LogP contribution in [0.2, 0.25) is 0 Å². The van der Waals surface area contributed by atoms with Crippen molar-refractivity contribution in [3.63, 3.8) is 0 Å². The van der Waals surface area contributed by atoms with Gasteiger partial charge in [0.2, 0.25) is 5.91 Å². The Morgan fingerprint density at radius 1 is 1.25 bits per heavy atom. The third-order valence-corrected chi connectivity index (χ3v) is 5.20. The number of pyridine rings is 1. The molecule has 124 valence electrons. The molecule has 1 amide bonds. The fraction of sp³-hybridized carbons (Fsp3) is 0.278. The van der Waals surface area contributed by atoms with E-state index in [0.29, 0.717) is 18.5 Å². The number of carbonyl (C=O) groups excluding carboxylic acids is 2. The van der Waals surface area contributed by atoms with Crippen molar-refractivity contribution in [2.45, 2.75) is 18.3 Å². The maximum atomic E-state index is 12.4. The number of thioether (sulfide) groups is 1. The van der Waals surface area contributed by atoms with Crippen molar-refractivity contribution in [3.05, 3.63) is 65.5 Å². The normalized spacial score (nSPS) is 17.6. The van der Waals surface area contributed by atoms with E-state index in [1.165, 1.54) is 7.11 Å². The van der Waals surface area contributed by atoms with Gasteiger partial charge in [-0.15, -0.1) is 11.8 Å². The summed E-state index contributed by atoms with van der Waals surface area (Å²) in [4.78, 5) is 29.9. The van der Waals surface area contributed by atoms with E-state index in [9.17, 15) is 9.59 Å². The number of rotatable bonds is 4. The van der Waals surface area contributed by atoms with Crippen molar-refractivity contribution >= 4 is 23.6 Å². The van der Waals surface area contributed by atoms with Crippen molar-refractivity contribution in [3.8, 4) is 0 Å². The van der Waals surface area contributed by atoms with Crippen LogP contribution >= 0.6 is 11.8 Å². The first-order chi connectivity index (χ1) is 11.7. The zero-order chi connectivity index (χ0) is 16.9. The number of carbonyl (C=O) groups is 2. The first kappa shape index (κ1) is 16.5. The second-order valence-electron chi connectivity index (χ2n) is 5.46. The fourth-order valence-corrected chi connectivity index (χ4v) is 3.89. The van der Waals surface area contributed by atoms with Gasteiger partial charge in [0.15, 0.2) is 0 Å². The Bertz CT molecular complexity index is 719. The van der Waals surface area contributed by atoms with Crippen molar-refractivity contribution < 1.29 is 14.3 Å². The average molecular weight is 342 g/mol. The highest BCUT2D eigenvalue weighted by atomic mass is 32.2. The molecular formula is C18H18N2O3S. The van der Waals surface area contributed by atoms with Crippen LogP contribution in [-0.2, 0) is 16.1 Å². The third-order valence-electron chi connectivity index (χ3n) is 3.91. The molecule has 1 aromatic carbocycles. The van der Waals surface area contributed by atoms with Crippen LogP contribution in [0.4, 0.5) is 0 Å². The molecular weight excluding hydrogens is 324 g/mol. The van der Waals surface area contributed by atoms with Crippen LogP contribution in [0.15, 0.2) is 48.8 Å². The Labute approximate surface area is 145 Å². The highest BCUT2D eigenvalue weighted by molar-refractivity contribution is 7.99. The summed E-state index contributed by atoms with van der Waals surface area (Å²) in [6.07, 6.45) is 4.01. The number of hydrogen-bond acceptors (Lipinski definition) is 5. The van der Waals surface area contributed by atoms with Crippen molar-refractivity contribution in [1.82, 2.24) is 9.88 Å². The molecule has 2 aromatic rings. The van der Waals surface area contributed by atoms with Crippen molar-refractivity contribution in [2.24, 2.45) is 0 Å². The summed E-state index contributed by atoms with van der Waals surface area (Å²) in [5.41, 5.74) is 2.57. The molecule has 1 aliphatic rings. The molecule has 1 aliphatic heterocycles. The summed E-state index contributed by atoms with van der Waals surface area (Å²) < 4.78 is 4.72. The number of benzene rings is 1. The Morgan fingerprint density at radius 3 is 2.62 bits per heavy atom. The van der Waals surface area contributed by atoms with Gasteiger partial charge in [0.25, 0.3) is 0 Å². The number of esters is 1. The molecule has 1 atom stereocenters. The minimum absolute atomic E-state index is 0.0499. The van der Waals surface area contributed by atoms with Crippen molar-refractivity contribution in [2.75, 3.05) is 12.9 Å². The van der Waals surface area contributed by atoms with Gasteiger partial charge in [0, 0.05) is 31.1 Å². The average Bonchev–Trinajstić information content (AvgIpc) is 2.64. The number of nitrogens with zero attached hydrogens (tertiary/aromatic N) is 2. The van der Waals surface area contributed by atoms with Crippen LogP contribution < -0.4 is 0 Å². The van der Waals surface area contributed by atoms with Gasteiger partial charge in [0.05, 0.1) is 12.7 Å². The molecule has 3 rings (SSSR count). The summed E-state index contributed by atoms with van der Waals surface area (Å²) in [6.45, 7) is 0.553. The summed E-state index contributed by atoms with van der Waals surface area (Å²) in [6, 6.07) is 11.1. The molecule has 1 saturated heterocycles. The van der Waals surface area contributed by atoms with Gasteiger partial charge in [0.1, 0.15) is 5.37 Å². The zero-order valence-electron chi connectivity index (χ0n) is 13.3. The van der Waals surface area contributed by atoms with Crippen molar-refractivity contribution in [1.29, 1.82) is 0 Å². The summed E-state index contributed by atoms with van der Waals surface area (Å²) in [5.74, 6) is 0.588. The Morgan fingerprint density at radius 2 is 1.96 bits per heavy atom. The smallest absolute Gasteiger partial charge is 0.337 e. The lowest BCUT2D eigenvalue weighted by Crippen LogP contribution is -2.36. The predicted molar refractivity (Wildman–Crippen MR) is 92.4 cm³/mol. The summed E-state index contributed by atoms with van der Waals surface area (Å²) >= 11 is 1.74. The van der Waals surface area contributed by atoms with Gasteiger partial charge < -0.3 is 9.64 Å². The number of methoxy groups -OCH3 is 1. The van der Waals surface area contributed by atoms with Gasteiger partial charge in [-0.05, 0) is 35.4 Å². The van der Waals surface area contributed by atoms with Gasteiger partial charge in [-0.1, -0.05) is 12.1 Å². The molecule has 0 N–H and O–H groups in total. The van der Waals surface area contributed by atoms with Crippen LogP contribution in [0.25, 0.3) is 0 Å². The maximum absolute atomic E-state index is 12.4. The second kappa shape index (κ2) is 7.49. The fourth-order valence-electron chi connectivity index (χ4n) is 2.66. The molecule has 1 unspecified atom stereocenters. The van der Waals surface area contributed by atoms with E-state index in [-0.39, 0.29) is 17.3 Å². The summed E-state index contributed by atoms with van der Waals surface area (Å²) in [5, 5.41) is -0.0499. The van der Waals surface area contributed by atoms with Gasteiger partial charge in [-0.3, -0.25) is 9.78 Å². The van der Waals surface area contributed by atoms with Crippen LogP contribution in [0.1, 0.15) is 33.3 Å². The third kappa shape index (κ3) is 3.59. The first-order valence-electron chi connectivity index (χ1n) is 7.67. The van der Waals surface area contributed by atoms with E-state index in [1.54, 1.807) is 36.3 Å². The van der Waals surface area contributed by atoms with Crippen LogP contribution in [0, 0.1) is 0 Å². The molecule has 0 spiro atoms. The minimum atomic E-state index is -0.359. The predicted octanol–water partition coefficient (Wildman–Crippen LogP) is 3.03. The first-order valence-corrected chi connectivity index (χ1v) is 8.72. The highest BCUT2D eigenvalue weighted by Gasteiger charge is 2.29. The van der Waals surface area contributed by atoms with Gasteiger partial charge >= 0.3 is 5.97 Å². The lowest BCUT2D eigenvalue weighted by Gasteiger charge is -2.35. The number of amides is 1. The lowest BCUT2D eigenvalue weighted by atomic mass is 10.1. The molecule has 1 fully saturated rings. The van der Waals surface area contributed by atoms with Crippen LogP contribution in [-0.4, -0.2) is 34.6 Å². The van der Waals surface area contributed by atoms with E-state index in [2.05, 4.69) is 4.98 Å². The monoisotopic (exact) mass is 342 g/mol. The Hall–Kier alpha value is -2.34. The highest BCUT2D eigenvalue weighted by Crippen LogP contribution is 2.38. The molecule has 0 radical (unpaired) electrons. The van der Waals surface area contributed by atoms with E-state index >= 15 is 0 Å². The largest absolute Gasteiger partial charge is 0.465 e. The number of hydrogen-bond donors (Lipinski definition) is 0. The zero-order valence-corrected chi connectivity index (χ0v) is 14.2. The number of aromatic nitrogens is 1. The summed E-state index contributed by atoms with van der Waals surface area (Å²) in [7, 11) is 1.36. The maximum Gasteiger partial charge on any atom is 0.337 e. The second-order valence-corrected chi connectivity index (χ2v) is 6.65. The standard InChI is InChI=1S/C18H18N2O3S/c1-23-18(22)15-4-2-14(3-5-15)17-20(16(21)8-11-24-17)12-13-6-9-19-10-7-13/h2-7,9-10,17H,8,11-12H2,1H3. The lowest BCUT2D eigenvalue weighted by molar-refractivity contribution is -0.132. The quantitative estimate of drug-likeness (QED) is 0.799. The molecule has 0 bridgehead atoms. The number of ether oxygens (including phenoxy) is 1. The Balaban J connectivity index is 1.83. The van der Waals surface area contributed by atoms with E-state index in [0.717, 1.165) is 16.9 Å². The molecule has 6 heteroatoms. The van der Waals surface area contributed by atoms with Crippen LogP contribution in [0.5, 0.6) is 0 Å². The molecule has 2 heterocycles. The van der Waals surface area contributed by atoms with Gasteiger partial charge in [-0.2, -0.15) is 0 Å². The van der Waals surface area contributed by atoms with E-state index < -0.39 is 0 Å². The molecule has 1 aromatic heterocycles. The molecule has 0 saturated carbocycles. The minimum Gasteiger partial charge on any atom is -0.465 e. The van der Waals surface area contributed by atoms with Crippen LogP contribution in [0.3, 0.4) is 0 Å². The topological polar surface area (TPSA) is 59.5 Å². The molecule has 24 heavy (non-hydrogen) atoms. The Kier molecular flexibility index (Phi) is 5.15. The van der Waals surface area contributed by atoms with E-state index in [4.69, 9.17) is 4.74 Å².